The highest BCUT2D eigenvalue weighted by molar-refractivity contribution is 6.27. The van der Waals surface area contributed by atoms with Crippen LogP contribution in [0.15, 0.2) is 22.2 Å². The molecule has 0 aliphatic carbocycles. The minimum absolute atomic E-state index is 0.0444. The van der Waals surface area contributed by atoms with Crippen LogP contribution in [0.25, 0.3) is 0 Å². The Labute approximate surface area is 174 Å². The Morgan fingerprint density at radius 3 is 2.84 bits per heavy atom. The molecule has 5 rings (SSSR count). The predicted molar refractivity (Wildman–Crippen MR) is 104 cm³/mol. The van der Waals surface area contributed by atoms with E-state index in [1.165, 1.54) is 11.1 Å². The Morgan fingerprint density at radius 2 is 2.10 bits per heavy atom. The van der Waals surface area contributed by atoms with E-state index < -0.39 is 41.0 Å². The summed E-state index contributed by atoms with van der Waals surface area (Å²) in [6.45, 7) is 0.449. The number of amides is 1. The van der Waals surface area contributed by atoms with Gasteiger partial charge in [0.1, 0.15) is 19.0 Å². The SMILES string of the molecule is Cn1cc2c(n1)CN(c1c(F)cc(N3C[C@H](COC4=NCN=C4)OC3=O)c(F)c1F)C2. The first-order valence-electron chi connectivity index (χ1n) is 9.49. The fourth-order valence-corrected chi connectivity index (χ4v) is 3.85. The van der Waals surface area contributed by atoms with Gasteiger partial charge in [-0.25, -0.2) is 23.0 Å². The number of carbonyl (C=O) groups is 1. The molecule has 9 nitrogen and oxygen atoms in total. The molecule has 3 aliphatic rings. The molecule has 4 heterocycles. The molecule has 2 aromatic rings. The Kier molecular flexibility index (Phi) is 4.56. The van der Waals surface area contributed by atoms with Gasteiger partial charge >= 0.3 is 6.09 Å². The van der Waals surface area contributed by atoms with Crippen LogP contribution in [0, 0.1) is 17.5 Å². The molecule has 3 aliphatic heterocycles. The molecule has 12 heteroatoms. The molecule has 1 fully saturated rings. The number of ether oxygens (including phenoxy) is 2. The molecule has 0 saturated carbocycles. The van der Waals surface area contributed by atoms with Gasteiger partial charge in [0, 0.05) is 31.4 Å². The lowest BCUT2D eigenvalue weighted by molar-refractivity contribution is 0.102. The Morgan fingerprint density at radius 1 is 1.26 bits per heavy atom. The van der Waals surface area contributed by atoms with Crippen LogP contribution < -0.4 is 9.80 Å². The van der Waals surface area contributed by atoms with E-state index in [1.54, 1.807) is 17.9 Å². The number of aromatic nitrogens is 2. The number of aryl methyl sites for hydroxylation is 1. The molecule has 1 amide bonds. The maximum atomic E-state index is 14.9. The summed E-state index contributed by atoms with van der Waals surface area (Å²) in [5.74, 6) is -3.38. The average Bonchev–Trinajstić information content (AvgIpc) is 3.48. The zero-order valence-electron chi connectivity index (χ0n) is 16.4. The number of aliphatic imine (C=N–C) groups is 2. The summed E-state index contributed by atoms with van der Waals surface area (Å²) in [5, 5.41) is 4.23. The van der Waals surface area contributed by atoms with Crippen molar-refractivity contribution in [1.29, 1.82) is 0 Å². The van der Waals surface area contributed by atoms with Gasteiger partial charge in [-0.15, -0.1) is 0 Å². The van der Waals surface area contributed by atoms with E-state index in [2.05, 4.69) is 15.1 Å². The van der Waals surface area contributed by atoms with E-state index in [9.17, 15) is 18.0 Å². The molecule has 1 aromatic carbocycles. The summed E-state index contributed by atoms with van der Waals surface area (Å²) in [6, 6.07) is 0.808. The van der Waals surface area contributed by atoms with Crippen LogP contribution >= 0.6 is 0 Å². The van der Waals surface area contributed by atoms with Crippen LogP contribution in [0.2, 0.25) is 0 Å². The van der Waals surface area contributed by atoms with Gasteiger partial charge in [-0.3, -0.25) is 14.6 Å². The fourth-order valence-electron chi connectivity index (χ4n) is 3.85. The number of cyclic esters (lactones) is 1. The predicted octanol–water partition coefficient (Wildman–Crippen LogP) is 2.14. The van der Waals surface area contributed by atoms with E-state index in [1.807, 2.05) is 0 Å². The van der Waals surface area contributed by atoms with Gasteiger partial charge in [-0.1, -0.05) is 0 Å². The van der Waals surface area contributed by atoms with Crippen LogP contribution in [0.1, 0.15) is 11.3 Å². The number of fused-ring (bicyclic) bond motifs is 1. The third kappa shape index (κ3) is 3.37. The number of halogens is 3. The van der Waals surface area contributed by atoms with Crippen LogP contribution in [-0.4, -0.2) is 53.9 Å². The molecule has 1 atom stereocenters. The molecular formula is C19H17F3N6O3. The normalized spacial score (nSPS) is 19.8. The van der Waals surface area contributed by atoms with Crippen molar-refractivity contribution in [2.45, 2.75) is 19.2 Å². The van der Waals surface area contributed by atoms with E-state index in [-0.39, 0.29) is 32.9 Å². The highest BCUT2D eigenvalue weighted by Gasteiger charge is 2.37. The Bertz CT molecular complexity index is 1110. The van der Waals surface area contributed by atoms with E-state index in [0.29, 0.717) is 11.6 Å². The zero-order valence-corrected chi connectivity index (χ0v) is 16.4. The van der Waals surface area contributed by atoms with E-state index in [0.717, 1.165) is 16.5 Å². The third-order valence-corrected chi connectivity index (χ3v) is 5.22. The quantitative estimate of drug-likeness (QED) is 0.689. The van der Waals surface area contributed by atoms with Crippen molar-refractivity contribution in [2.24, 2.45) is 17.0 Å². The average molecular weight is 434 g/mol. The number of carbonyl (C=O) groups excluding carboxylic acids is 1. The van der Waals surface area contributed by atoms with Crippen molar-refractivity contribution in [3.05, 3.63) is 41.0 Å². The minimum Gasteiger partial charge on any atom is -0.473 e. The number of nitrogens with zero attached hydrogens (tertiary/aromatic N) is 6. The van der Waals surface area contributed by atoms with Crippen LogP contribution in [-0.2, 0) is 29.6 Å². The van der Waals surface area contributed by atoms with Gasteiger partial charge in [-0.05, 0) is 0 Å². The first-order chi connectivity index (χ1) is 14.9. The first-order valence-corrected chi connectivity index (χ1v) is 9.49. The van der Waals surface area contributed by atoms with Crippen molar-refractivity contribution >= 4 is 29.6 Å². The van der Waals surface area contributed by atoms with Crippen molar-refractivity contribution in [3.8, 4) is 0 Å². The van der Waals surface area contributed by atoms with Gasteiger partial charge in [0.2, 0.25) is 5.90 Å². The summed E-state index contributed by atoms with van der Waals surface area (Å²) in [5.41, 5.74) is 0.469. The largest absolute Gasteiger partial charge is 0.473 e. The molecule has 0 radical (unpaired) electrons. The fraction of sp³-hybridized carbons (Fsp3) is 0.368. The summed E-state index contributed by atoms with van der Waals surface area (Å²) in [4.78, 5) is 22.2. The minimum atomic E-state index is -1.37. The lowest BCUT2D eigenvalue weighted by Crippen LogP contribution is -2.28. The molecule has 0 spiro atoms. The first kappa shape index (κ1) is 19.4. The van der Waals surface area contributed by atoms with Gasteiger partial charge in [0.15, 0.2) is 23.6 Å². The standard InChI is InChI=1S/C19H17F3N6O3/c1-26-4-10-5-27(7-13(10)25-26)18-12(20)2-14(16(21)17(18)22)28-6-11(31-19(28)29)8-30-15-3-23-9-24-15/h2-4,11H,5-9H2,1H3/t11-/m1/s1. The van der Waals surface area contributed by atoms with Gasteiger partial charge in [0.05, 0.1) is 30.7 Å². The Balaban J connectivity index is 1.35. The lowest BCUT2D eigenvalue weighted by Gasteiger charge is -2.22. The van der Waals surface area contributed by atoms with Crippen LogP contribution in [0.3, 0.4) is 0 Å². The molecule has 31 heavy (non-hydrogen) atoms. The molecule has 162 valence electrons. The molecule has 0 bridgehead atoms. The van der Waals surface area contributed by atoms with Crippen molar-refractivity contribution < 1.29 is 27.4 Å². The second-order valence-corrected chi connectivity index (χ2v) is 7.36. The third-order valence-electron chi connectivity index (χ3n) is 5.22. The number of benzene rings is 1. The summed E-state index contributed by atoms with van der Waals surface area (Å²) >= 11 is 0. The summed E-state index contributed by atoms with van der Waals surface area (Å²) in [7, 11) is 1.75. The molecular weight excluding hydrogens is 417 g/mol. The topological polar surface area (TPSA) is 84.6 Å². The lowest BCUT2D eigenvalue weighted by atomic mass is 10.2. The highest BCUT2D eigenvalue weighted by atomic mass is 19.2. The molecule has 1 saturated heterocycles. The van der Waals surface area contributed by atoms with Crippen molar-refractivity contribution in [2.75, 3.05) is 29.6 Å². The second kappa shape index (κ2) is 7.29. The smallest absolute Gasteiger partial charge is 0.414 e. The molecule has 1 aromatic heterocycles. The molecule has 0 N–H and O–H groups in total. The number of hydrogen-bond acceptors (Lipinski definition) is 7. The number of anilines is 2. The maximum Gasteiger partial charge on any atom is 0.414 e. The maximum absolute atomic E-state index is 14.9. The van der Waals surface area contributed by atoms with Crippen molar-refractivity contribution in [1.82, 2.24) is 9.78 Å². The van der Waals surface area contributed by atoms with Crippen molar-refractivity contribution in [3.63, 3.8) is 0 Å². The van der Waals surface area contributed by atoms with E-state index in [4.69, 9.17) is 9.47 Å². The summed E-state index contributed by atoms with van der Waals surface area (Å²) in [6.07, 6.45) is 1.51. The second-order valence-electron chi connectivity index (χ2n) is 7.36. The number of rotatable bonds is 4. The Hall–Kier alpha value is -3.57. The monoisotopic (exact) mass is 434 g/mol. The van der Waals surface area contributed by atoms with Crippen LogP contribution in [0.4, 0.5) is 29.3 Å². The van der Waals surface area contributed by atoms with Gasteiger partial charge in [-0.2, -0.15) is 5.10 Å². The summed E-state index contributed by atoms with van der Waals surface area (Å²) < 4.78 is 56.8. The zero-order chi connectivity index (χ0) is 21.7. The van der Waals surface area contributed by atoms with Gasteiger partial charge in [0.25, 0.3) is 0 Å². The number of hydrogen-bond donors (Lipinski definition) is 0. The molecule has 0 unspecified atom stereocenters. The highest BCUT2D eigenvalue weighted by Crippen LogP contribution is 2.37. The van der Waals surface area contributed by atoms with Gasteiger partial charge < -0.3 is 14.4 Å². The van der Waals surface area contributed by atoms with Crippen LogP contribution in [0.5, 0.6) is 0 Å². The van der Waals surface area contributed by atoms with E-state index >= 15 is 0 Å².